The number of aliphatic imine (C=N–C) groups is 1. The van der Waals surface area contributed by atoms with E-state index in [-0.39, 0.29) is 29.9 Å². The van der Waals surface area contributed by atoms with Crippen molar-refractivity contribution in [1.82, 2.24) is 10.2 Å². The molecule has 1 aliphatic rings. The summed E-state index contributed by atoms with van der Waals surface area (Å²) >= 11 is 0. The fourth-order valence-corrected chi connectivity index (χ4v) is 3.44. The number of guanidine groups is 1. The number of piperidine rings is 1. The number of hydrogen-bond donors (Lipinski definition) is 3. The van der Waals surface area contributed by atoms with Crippen molar-refractivity contribution >= 4 is 35.8 Å². The van der Waals surface area contributed by atoms with Gasteiger partial charge in [0.2, 0.25) is 5.91 Å². The number of phenolic OH excluding ortho intramolecular Hbond substituents is 1. The molecule has 1 unspecified atom stereocenters. The molecule has 1 aliphatic heterocycles. The average molecular weight is 474 g/mol. The molecule has 0 spiro atoms. The van der Waals surface area contributed by atoms with Crippen LogP contribution in [0, 0.1) is 19.8 Å². The molecule has 4 N–H and O–H groups in total. The number of carbonyl (C=O) groups is 1. The number of phenols is 1. The Bertz CT molecular complexity index is 625. The molecule has 0 radical (unpaired) electrons. The molecule has 0 saturated carbocycles. The van der Waals surface area contributed by atoms with Crippen molar-refractivity contribution in [2.75, 3.05) is 19.6 Å². The number of carbonyl (C=O) groups excluding carboxylic acids is 1. The fourth-order valence-electron chi connectivity index (χ4n) is 3.44. The number of amides is 1. The number of nitrogens with two attached hydrogens (primary N) is 1. The van der Waals surface area contributed by atoms with Gasteiger partial charge in [0, 0.05) is 26.1 Å². The number of benzene rings is 1. The molecule has 6 nitrogen and oxygen atoms in total. The van der Waals surface area contributed by atoms with Gasteiger partial charge >= 0.3 is 0 Å². The molecule has 1 aromatic carbocycles. The summed E-state index contributed by atoms with van der Waals surface area (Å²) < 4.78 is 0. The van der Waals surface area contributed by atoms with Gasteiger partial charge in [0.1, 0.15) is 5.75 Å². The molecular formula is C19H31IN4O2. The molecule has 0 aromatic heterocycles. The predicted octanol–water partition coefficient (Wildman–Crippen LogP) is 2.68. The van der Waals surface area contributed by atoms with E-state index >= 15 is 0 Å². The number of hydrogen-bond acceptors (Lipinski definition) is 3. The largest absolute Gasteiger partial charge is 0.507 e. The highest BCUT2D eigenvalue weighted by Crippen LogP contribution is 2.23. The first-order valence-electron chi connectivity index (χ1n) is 9.01. The third-order valence-electron chi connectivity index (χ3n) is 4.61. The summed E-state index contributed by atoms with van der Waals surface area (Å²) in [4.78, 5) is 18.2. The van der Waals surface area contributed by atoms with Crippen LogP contribution in [-0.4, -0.2) is 41.5 Å². The number of aryl methyl sites for hydroxylation is 2. The number of aromatic hydroxyl groups is 1. The first-order chi connectivity index (χ1) is 11.9. The molecule has 1 saturated heterocycles. The highest BCUT2D eigenvalue weighted by molar-refractivity contribution is 14.0. The van der Waals surface area contributed by atoms with Crippen LogP contribution in [0.25, 0.3) is 0 Å². The van der Waals surface area contributed by atoms with Crippen molar-refractivity contribution in [3.63, 3.8) is 0 Å². The van der Waals surface area contributed by atoms with Crippen LogP contribution in [0.15, 0.2) is 17.1 Å². The lowest BCUT2D eigenvalue weighted by Crippen LogP contribution is -2.47. The van der Waals surface area contributed by atoms with Gasteiger partial charge in [-0.1, -0.05) is 12.1 Å². The van der Waals surface area contributed by atoms with E-state index in [1.165, 1.54) is 0 Å². The molecule has 146 valence electrons. The summed E-state index contributed by atoms with van der Waals surface area (Å²) in [6, 6.07) is 3.95. The van der Waals surface area contributed by atoms with Gasteiger partial charge < -0.3 is 21.1 Å². The minimum atomic E-state index is -0.233. The molecule has 2 rings (SSSR count). The molecule has 1 fully saturated rings. The third-order valence-corrected chi connectivity index (χ3v) is 4.61. The Morgan fingerprint density at radius 2 is 2.04 bits per heavy atom. The van der Waals surface area contributed by atoms with E-state index in [1.807, 2.05) is 26.0 Å². The summed E-state index contributed by atoms with van der Waals surface area (Å²) in [5, 5.41) is 13.3. The SMILES string of the molecule is CCNC(=NCc1cc(C)c(O)c(C)c1)N1CCCC(CC(N)=O)C1.I. The van der Waals surface area contributed by atoms with Crippen LogP contribution < -0.4 is 11.1 Å². The minimum Gasteiger partial charge on any atom is -0.507 e. The van der Waals surface area contributed by atoms with Crippen molar-refractivity contribution in [2.24, 2.45) is 16.6 Å². The molecule has 1 amide bonds. The van der Waals surface area contributed by atoms with E-state index in [4.69, 9.17) is 10.7 Å². The number of nitrogens with zero attached hydrogens (tertiary/aromatic N) is 2. The van der Waals surface area contributed by atoms with Crippen LogP contribution in [0.1, 0.15) is 42.9 Å². The normalized spacial score (nSPS) is 17.6. The van der Waals surface area contributed by atoms with Crippen LogP contribution in [0.4, 0.5) is 0 Å². The Morgan fingerprint density at radius 1 is 1.38 bits per heavy atom. The number of halogens is 1. The smallest absolute Gasteiger partial charge is 0.217 e. The van der Waals surface area contributed by atoms with Crippen LogP contribution in [0.3, 0.4) is 0 Å². The van der Waals surface area contributed by atoms with Crippen LogP contribution in [0.2, 0.25) is 0 Å². The Labute approximate surface area is 173 Å². The van der Waals surface area contributed by atoms with E-state index in [0.717, 1.165) is 55.1 Å². The quantitative estimate of drug-likeness (QED) is 0.348. The summed E-state index contributed by atoms with van der Waals surface area (Å²) in [5.41, 5.74) is 8.17. The molecule has 1 heterocycles. The minimum absolute atomic E-state index is 0. The highest BCUT2D eigenvalue weighted by atomic mass is 127. The van der Waals surface area contributed by atoms with Gasteiger partial charge in [-0.2, -0.15) is 0 Å². The Kier molecular flexibility index (Phi) is 9.18. The predicted molar refractivity (Wildman–Crippen MR) is 116 cm³/mol. The summed E-state index contributed by atoms with van der Waals surface area (Å²) in [7, 11) is 0. The first-order valence-corrected chi connectivity index (χ1v) is 9.01. The average Bonchev–Trinajstić information content (AvgIpc) is 2.56. The number of likely N-dealkylation sites (tertiary alicyclic amines) is 1. The van der Waals surface area contributed by atoms with Gasteiger partial charge in [0.15, 0.2) is 5.96 Å². The zero-order chi connectivity index (χ0) is 18.4. The second kappa shape index (κ2) is 10.6. The van der Waals surface area contributed by atoms with Crippen molar-refractivity contribution < 1.29 is 9.90 Å². The maximum Gasteiger partial charge on any atom is 0.217 e. The summed E-state index contributed by atoms with van der Waals surface area (Å²) in [6.45, 7) is 8.96. The maximum atomic E-state index is 11.2. The molecule has 7 heteroatoms. The van der Waals surface area contributed by atoms with Crippen molar-refractivity contribution in [3.05, 3.63) is 28.8 Å². The zero-order valence-electron chi connectivity index (χ0n) is 15.9. The van der Waals surface area contributed by atoms with Crippen molar-refractivity contribution in [2.45, 2.75) is 46.6 Å². The van der Waals surface area contributed by atoms with E-state index in [1.54, 1.807) is 0 Å². The lowest BCUT2D eigenvalue weighted by molar-refractivity contribution is -0.119. The lowest BCUT2D eigenvalue weighted by atomic mass is 9.95. The Hall–Kier alpha value is -1.51. The van der Waals surface area contributed by atoms with E-state index in [0.29, 0.717) is 24.6 Å². The third kappa shape index (κ3) is 6.34. The maximum absolute atomic E-state index is 11.2. The van der Waals surface area contributed by atoms with Gasteiger partial charge in [0.25, 0.3) is 0 Å². The first kappa shape index (κ1) is 22.5. The topological polar surface area (TPSA) is 91.0 Å². The Balaban J connectivity index is 0.00000338. The van der Waals surface area contributed by atoms with Crippen molar-refractivity contribution in [1.29, 1.82) is 0 Å². The zero-order valence-corrected chi connectivity index (χ0v) is 18.2. The second-order valence-electron chi connectivity index (χ2n) is 6.87. The van der Waals surface area contributed by atoms with Crippen LogP contribution >= 0.6 is 24.0 Å². The standard InChI is InChI=1S/C19H30N4O2.HI/c1-4-21-19(23-7-5-6-15(12-23)10-17(20)24)22-11-16-8-13(2)18(25)14(3)9-16;/h8-9,15,25H,4-7,10-12H2,1-3H3,(H2,20,24)(H,21,22);1H. The number of rotatable bonds is 5. The number of nitrogens with one attached hydrogen (secondary N) is 1. The van der Waals surface area contributed by atoms with Crippen LogP contribution in [0.5, 0.6) is 5.75 Å². The number of primary amides is 1. The van der Waals surface area contributed by atoms with Gasteiger partial charge in [-0.15, -0.1) is 24.0 Å². The molecule has 1 atom stereocenters. The molecule has 0 aliphatic carbocycles. The van der Waals surface area contributed by atoms with E-state index in [9.17, 15) is 9.90 Å². The summed E-state index contributed by atoms with van der Waals surface area (Å²) in [6.07, 6.45) is 2.52. The van der Waals surface area contributed by atoms with Gasteiger partial charge in [0.05, 0.1) is 6.54 Å². The monoisotopic (exact) mass is 474 g/mol. The van der Waals surface area contributed by atoms with Gasteiger partial charge in [-0.05, 0) is 56.2 Å². The van der Waals surface area contributed by atoms with Crippen LogP contribution in [-0.2, 0) is 11.3 Å². The fraction of sp³-hybridized carbons (Fsp3) is 0.579. The lowest BCUT2D eigenvalue weighted by Gasteiger charge is -2.34. The second-order valence-corrected chi connectivity index (χ2v) is 6.87. The summed E-state index contributed by atoms with van der Waals surface area (Å²) in [5.74, 6) is 1.29. The van der Waals surface area contributed by atoms with Gasteiger partial charge in [-0.3, -0.25) is 4.79 Å². The van der Waals surface area contributed by atoms with Crippen molar-refractivity contribution in [3.8, 4) is 5.75 Å². The molecular weight excluding hydrogens is 443 g/mol. The Morgan fingerprint density at radius 3 is 2.62 bits per heavy atom. The van der Waals surface area contributed by atoms with Gasteiger partial charge in [-0.25, -0.2) is 4.99 Å². The highest BCUT2D eigenvalue weighted by Gasteiger charge is 2.23. The molecule has 0 bridgehead atoms. The van der Waals surface area contributed by atoms with E-state index in [2.05, 4.69) is 17.1 Å². The van der Waals surface area contributed by atoms with E-state index < -0.39 is 0 Å². The molecule has 1 aromatic rings. The molecule has 26 heavy (non-hydrogen) atoms.